The van der Waals surface area contributed by atoms with Crippen molar-refractivity contribution in [1.29, 1.82) is 0 Å². The van der Waals surface area contributed by atoms with Crippen LogP contribution in [0.25, 0.3) is 0 Å². The van der Waals surface area contributed by atoms with Crippen molar-refractivity contribution in [3.63, 3.8) is 0 Å². The smallest absolute Gasteiger partial charge is 0.376 e. The number of aryl methyl sites for hydroxylation is 1. The summed E-state index contributed by atoms with van der Waals surface area (Å²) in [5.74, 6) is -0.289. The quantitative estimate of drug-likeness (QED) is 0.880. The highest BCUT2D eigenvalue weighted by Crippen LogP contribution is 2.30. The number of halogens is 3. The average molecular weight is 322 g/mol. The molecule has 0 atom stereocenters. The van der Waals surface area contributed by atoms with Crippen LogP contribution in [0.1, 0.15) is 16.7 Å². The van der Waals surface area contributed by atoms with Crippen molar-refractivity contribution in [2.24, 2.45) is 0 Å². The lowest BCUT2D eigenvalue weighted by Crippen LogP contribution is -2.29. The molecule has 6 heteroatoms. The summed E-state index contributed by atoms with van der Waals surface area (Å²) in [4.78, 5) is 11.7. The van der Waals surface area contributed by atoms with Crippen LogP contribution in [0.5, 0.6) is 0 Å². The third kappa shape index (κ3) is 5.32. The highest BCUT2D eigenvalue weighted by Gasteiger charge is 2.30. The summed E-state index contributed by atoms with van der Waals surface area (Å²) < 4.78 is 37.8. The highest BCUT2D eigenvalue weighted by molar-refractivity contribution is 5.80. The molecular weight excluding hydrogens is 305 g/mol. The van der Waals surface area contributed by atoms with Gasteiger partial charge < -0.3 is 10.6 Å². The van der Waals surface area contributed by atoms with Crippen LogP contribution < -0.4 is 10.6 Å². The normalized spacial score (nSPS) is 11.1. The van der Waals surface area contributed by atoms with E-state index in [2.05, 4.69) is 10.6 Å². The monoisotopic (exact) mass is 322 g/mol. The van der Waals surface area contributed by atoms with E-state index >= 15 is 0 Å². The van der Waals surface area contributed by atoms with Gasteiger partial charge in [0.05, 0.1) is 12.1 Å². The Hall–Kier alpha value is -2.50. The number of carbonyl (C=O) groups excluding carboxylic acids is 1. The van der Waals surface area contributed by atoms with Crippen LogP contribution in [0, 0.1) is 6.92 Å². The van der Waals surface area contributed by atoms with Crippen LogP contribution in [0.15, 0.2) is 48.5 Å². The second-order valence-corrected chi connectivity index (χ2v) is 5.19. The number of amides is 1. The number of hydrogen-bond donors (Lipinski definition) is 2. The van der Waals surface area contributed by atoms with E-state index in [0.29, 0.717) is 6.54 Å². The zero-order valence-corrected chi connectivity index (χ0v) is 12.6. The van der Waals surface area contributed by atoms with Gasteiger partial charge >= 0.3 is 6.18 Å². The third-order valence-electron chi connectivity index (χ3n) is 3.25. The molecule has 2 N–H and O–H groups in total. The molecule has 0 bridgehead atoms. The molecule has 3 nitrogen and oxygen atoms in total. The molecule has 2 aromatic rings. The van der Waals surface area contributed by atoms with E-state index in [1.807, 2.05) is 31.2 Å². The first-order valence-electron chi connectivity index (χ1n) is 7.08. The minimum absolute atomic E-state index is 0.0901. The van der Waals surface area contributed by atoms with Gasteiger partial charge in [-0.2, -0.15) is 13.2 Å². The molecule has 0 aliphatic carbocycles. The van der Waals surface area contributed by atoms with Crippen LogP contribution in [-0.4, -0.2) is 12.5 Å². The molecule has 0 saturated heterocycles. The van der Waals surface area contributed by atoms with Gasteiger partial charge in [-0.05, 0) is 30.7 Å². The van der Waals surface area contributed by atoms with Crippen molar-refractivity contribution >= 4 is 11.6 Å². The predicted molar refractivity (Wildman–Crippen MR) is 83.0 cm³/mol. The molecule has 0 heterocycles. The minimum Gasteiger partial charge on any atom is -0.376 e. The van der Waals surface area contributed by atoms with Gasteiger partial charge in [-0.25, -0.2) is 0 Å². The molecule has 0 spiro atoms. The van der Waals surface area contributed by atoms with Crippen LogP contribution >= 0.6 is 0 Å². The van der Waals surface area contributed by atoms with E-state index in [4.69, 9.17) is 0 Å². The Kier molecular flexibility index (Phi) is 5.26. The Morgan fingerprint density at radius 1 is 1.09 bits per heavy atom. The lowest BCUT2D eigenvalue weighted by molar-refractivity contribution is -0.137. The molecule has 122 valence electrons. The zero-order chi connectivity index (χ0) is 16.9. The minimum atomic E-state index is -4.40. The predicted octanol–water partition coefficient (Wildman–Crippen LogP) is 3.74. The first-order chi connectivity index (χ1) is 10.8. The molecule has 2 aromatic carbocycles. The van der Waals surface area contributed by atoms with E-state index in [1.165, 1.54) is 12.1 Å². The Morgan fingerprint density at radius 2 is 1.78 bits per heavy atom. The molecule has 0 aliphatic heterocycles. The Balaban J connectivity index is 1.83. The standard InChI is InChI=1S/C17H17F3N2O/c1-12-5-7-13(8-6-12)10-22-16(23)11-21-15-4-2-3-14(9-15)17(18,19)20/h2-9,21H,10-11H2,1H3,(H,22,23). The van der Waals surface area contributed by atoms with Gasteiger partial charge in [-0.1, -0.05) is 35.9 Å². The van der Waals surface area contributed by atoms with Crippen molar-refractivity contribution in [2.75, 3.05) is 11.9 Å². The molecule has 0 fully saturated rings. The number of anilines is 1. The van der Waals surface area contributed by atoms with Crippen molar-refractivity contribution in [3.8, 4) is 0 Å². The summed E-state index contributed by atoms with van der Waals surface area (Å²) >= 11 is 0. The van der Waals surface area contributed by atoms with Crippen LogP contribution in [0.2, 0.25) is 0 Å². The maximum Gasteiger partial charge on any atom is 0.416 e. The maximum absolute atomic E-state index is 12.6. The van der Waals surface area contributed by atoms with Gasteiger partial charge in [0.2, 0.25) is 5.91 Å². The van der Waals surface area contributed by atoms with Crippen molar-refractivity contribution in [2.45, 2.75) is 19.6 Å². The van der Waals surface area contributed by atoms with Crippen molar-refractivity contribution < 1.29 is 18.0 Å². The molecule has 0 radical (unpaired) electrons. The van der Waals surface area contributed by atoms with Gasteiger partial charge in [0, 0.05) is 12.2 Å². The number of carbonyl (C=O) groups is 1. The number of hydrogen-bond acceptors (Lipinski definition) is 2. The largest absolute Gasteiger partial charge is 0.416 e. The number of rotatable bonds is 5. The summed E-state index contributed by atoms with van der Waals surface area (Å²) in [6.07, 6.45) is -4.40. The Labute approximate surface area is 132 Å². The Morgan fingerprint density at radius 3 is 2.43 bits per heavy atom. The molecule has 0 aliphatic rings. The SMILES string of the molecule is Cc1ccc(CNC(=O)CNc2cccc(C(F)(F)F)c2)cc1. The fraction of sp³-hybridized carbons (Fsp3) is 0.235. The van der Waals surface area contributed by atoms with Gasteiger partial charge in [0.25, 0.3) is 0 Å². The van der Waals surface area contributed by atoms with Crippen molar-refractivity contribution in [1.82, 2.24) is 5.32 Å². The summed E-state index contributed by atoms with van der Waals surface area (Å²) in [5.41, 5.74) is 1.60. The number of alkyl halides is 3. The van der Waals surface area contributed by atoms with Crippen LogP contribution in [0.4, 0.5) is 18.9 Å². The van der Waals surface area contributed by atoms with E-state index in [9.17, 15) is 18.0 Å². The first-order valence-corrected chi connectivity index (χ1v) is 7.08. The lowest BCUT2D eigenvalue weighted by Gasteiger charge is -2.11. The fourth-order valence-corrected chi connectivity index (χ4v) is 1.96. The summed E-state index contributed by atoms with van der Waals surface area (Å²) in [6.45, 7) is 2.26. The fourth-order valence-electron chi connectivity index (χ4n) is 1.96. The number of benzene rings is 2. The third-order valence-corrected chi connectivity index (χ3v) is 3.25. The molecule has 23 heavy (non-hydrogen) atoms. The zero-order valence-electron chi connectivity index (χ0n) is 12.6. The van der Waals surface area contributed by atoms with Crippen LogP contribution in [0.3, 0.4) is 0 Å². The Bertz CT molecular complexity index is 666. The maximum atomic E-state index is 12.6. The topological polar surface area (TPSA) is 41.1 Å². The summed E-state index contributed by atoms with van der Waals surface area (Å²) in [7, 11) is 0. The lowest BCUT2D eigenvalue weighted by atomic mass is 10.1. The van der Waals surface area contributed by atoms with Gasteiger partial charge in [-0.3, -0.25) is 4.79 Å². The number of nitrogens with one attached hydrogen (secondary N) is 2. The van der Waals surface area contributed by atoms with E-state index in [1.54, 1.807) is 0 Å². The second-order valence-electron chi connectivity index (χ2n) is 5.19. The average Bonchev–Trinajstić information content (AvgIpc) is 2.52. The van der Waals surface area contributed by atoms with Gasteiger partial charge in [0.15, 0.2) is 0 Å². The molecular formula is C17H17F3N2O. The molecule has 1 amide bonds. The van der Waals surface area contributed by atoms with Crippen molar-refractivity contribution in [3.05, 3.63) is 65.2 Å². The van der Waals surface area contributed by atoms with E-state index in [0.717, 1.165) is 23.3 Å². The van der Waals surface area contributed by atoms with Crippen LogP contribution in [-0.2, 0) is 17.5 Å². The second kappa shape index (κ2) is 7.17. The molecule has 2 rings (SSSR count). The molecule has 0 saturated carbocycles. The van der Waals surface area contributed by atoms with Gasteiger partial charge in [-0.15, -0.1) is 0 Å². The van der Waals surface area contributed by atoms with E-state index < -0.39 is 11.7 Å². The molecule has 0 unspecified atom stereocenters. The summed E-state index contributed by atoms with van der Waals surface area (Å²) in [6, 6.07) is 12.5. The highest BCUT2D eigenvalue weighted by atomic mass is 19.4. The first kappa shape index (κ1) is 16.9. The molecule has 0 aromatic heterocycles. The van der Waals surface area contributed by atoms with Gasteiger partial charge in [0.1, 0.15) is 0 Å². The summed E-state index contributed by atoms with van der Waals surface area (Å²) in [5, 5.41) is 5.40. The van der Waals surface area contributed by atoms with E-state index in [-0.39, 0.29) is 18.1 Å².